The highest BCUT2D eigenvalue weighted by molar-refractivity contribution is 7.91. The Hall–Kier alpha value is -1.94. The van der Waals surface area contributed by atoms with Crippen LogP contribution in [0.4, 0.5) is 11.4 Å². The van der Waals surface area contributed by atoms with Crippen LogP contribution in [0.25, 0.3) is 0 Å². The monoisotopic (exact) mass is 476 g/mol. The number of amides is 1. The first-order valence-electron chi connectivity index (χ1n) is 11.2. The summed E-state index contributed by atoms with van der Waals surface area (Å²) in [6.07, 6.45) is 1.38. The molecule has 174 valence electrons. The minimum absolute atomic E-state index is 0.112. The van der Waals surface area contributed by atoms with Gasteiger partial charge in [0.1, 0.15) is 4.21 Å². The van der Waals surface area contributed by atoms with E-state index in [1.807, 2.05) is 25.1 Å². The van der Waals surface area contributed by atoms with Crippen LogP contribution in [0.5, 0.6) is 0 Å². The molecule has 4 rings (SSSR count). The number of nitrogens with zero attached hydrogens (tertiary/aromatic N) is 3. The van der Waals surface area contributed by atoms with E-state index in [1.54, 1.807) is 6.07 Å². The molecule has 32 heavy (non-hydrogen) atoms. The molecule has 2 saturated heterocycles. The van der Waals surface area contributed by atoms with Gasteiger partial charge in [0.2, 0.25) is 5.91 Å². The van der Waals surface area contributed by atoms with Gasteiger partial charge in [0.05, 0.1) is 5.92 Å². The molecule has 0 spiro atoms. The largest absolute Gasteiger partial charge is 0.369 e. The lowest BCUT2D eigenvalue weighted by Crippen LogP contribution is -2.44. The summed E-state index contributed by atoms with van der Waals surface area (Å²) in [5.74, 6) is -0.462. The molecule has 2 aliphatic rings. The minimum atomic E-state index is -3.55. The number of nitrogens with one attached hydrogen (secondary N) is 1. The van der Waals surface area contributed by atoms with Gasteiger partial charge in [-0.25, -0.2) is 8.42 Å². The molecule has 1 aromatic carbocycles. The number of carbonyl (C=O) groups excluding carboxylic acids is 1. The highest BCUT2D eigenvalue weighted by Gasteiger charge is 2.34. The van der Waals surface area contributed by atoms with E-state index in [9.17, 15) is 13.2 Å². The second-order valence-electron chi connectivity index (χ2n) is 8.85. The van der Waals surface area contributed by atoms with E-state index in [0.717, 1.165) is 42.3 Å². The first kappa shape index (κ1) is 23.2. The van der Waals surface area contributed by atoms with Crippen molar-refractivity contribution in [3.63, 3.8) is 0 Å². The summed E-state index contributed by atoms with van der Waals surface area (Å²) in [4.78, 5) is 18.6. The second kappa shape index (κ2) is 9.51. The average molecular weight is 477 g/mol. The molecule has 1 aromatic heterocycles. The van der Waals surface area contributed by atoms with Gasteiger partial charge < -0.3 is 15.1 Å². The maximum Gasteiger partial charge on any atom is 0.252 e. The van der Waals surface area contributed by atoms with E-state index >= 15 is 0 Å². The molecule has 2 fully saturated rings. The summed E-state index contributed by atoms with van der Waals surface area (Å²) >= 11 is 1.28. The highest BCUT2D eigenvalue weighted by Crippen LogP contribution is 2.29. The maximum atomic E-state index is 13.0. The molecule has 3 heterocycles. The number of likely N-dealkylation sites (N-methyl/N-ethyl adjacent to an activating group) is 1. The van der Waals surface area contributed by atoms with E-state index in [-0.39, 0.29) is 18.4 Å². The molecule has 2 aliphatic heterocycles. The molecule has 7 nitrogen and oxygen atoms in total. The normalized spacial score (nSPS) is 21.0. The van der Waals surface area contributed by atoms with E-state index in [1.165, 1.54) is 21.3 Å². The summed E-state index contributed by atoms with van der Waals surface area (Å²) in [5, 5.41) is 3.02. The number of thiophene rings is 1. The van der Waals surface area contributed by atoms with Gasteiger partial charge in [-0.2, -0.15) is 4.31 Å². The molecule has 9 heteroatoms. The zero-order valence-corrected chi connectivity index (χ0v) is 20.6. The highest BCUT2D eigenvalue weighted by atomic mass is 32.2. The zero-order chi connectivity index (χ0) is 22.9. The molecule has 0 radical (unpaired) electrons. The van der Waals surface area contributed by atoms with Crippen molar-refractivity contribution >= 4 is 38.6 Å². The van der Waals surface area contributed by atoms with Crippen LogP contribution in [-0.4, -0.2) is 69.8 Å². The maximum absolute atomic E-state index is 13.0. The van der Waals surface area contributed by atoms with Gasteiger partial charge in [-0.15, -0.1) is 11.3 Å². The lowest BCUT2D eigenvalue weighted by molar-refractivity contribution is -0.120. The Balaban J connectivity index is 1.41. The predicted octanol–water partition coefficient (Wildman–Crippen LogP) is 3.16. The van der Waals surface area contributed by atoms with E-state index in [2.05, 4.69) is 35.2 Å². The molecule has 1 amide bonds. The molecular formula is C23H32N4O3S2. The number of rotatable bonds is 5. The topological polar surface area (TPSA) is 73.0 Å². The van der Waals surface area contributed by atoms with E-state index in [0.29, 0.717) is 23.6 Å². The number of carbonyl (C=O) groups is 1. The third kappa shape index (κ3) is 5.01. The van der Waals surface area contributed by atoms with Gasteiger partial charge in [0.15, 0.2) is 0 Å². The number of aryl methyl sites for hydroxylation is 2. The summed E-state index contributed by atoms with van der Waals surface area (Å²) in [6, 6.07) is 9.51. The molecule has 0 bridgehead atoms. The molecule has 0 saturated carbocycles. The van der Waals surface area contributed by atoms with Crippen LogP contribution in [-0.2, 0) is 14.8 Å². The van der Waals surface area contributed by atoms with Crippen molar-refractivity contribution in [1.29, 1.82) is 0 Å². The number of hydrogen-bond donors (Lipinski definition) is 1. The summed E-state index contributed by atoms with van der Waals surface area (Å²) in [6.45, 7) is 8.74. The Morgan fingerprint density at radius 1 is 1.06 bits per heavy atom. The smallest absolute Gasteiger partial charge is 0.252 e. The average Bonchev–Trinajstić information content (AvgIpc) is 3.22. The molecule has 2 aromatic rings. The third-order valence-corrected chi connectivity index (χ3v) is 9.71. The summed E-state index contributed by atoms with van der Waals surface area (Å²) in [7, 11) is -1.41. The number of benzene rings is 1. The number of hydrogen-bond acceptors (Lipinski definition) is 6. The van der Waals surface area contributed by atoms with Crippen LogP contribution in [0.2, 0.25) is 0 Å². The fourth-order valence-corrected chi connectivity index (χ4v) is 7.39. The van der Waals surface area contributed by atoms with Crippen molar-refractivity contribution in [3.05, 3.63) is 40.8 Å². The van der Waals surface area contributed by atoms with E-state index in [4.69, 9.17) is 0 Å². The standard InChI is InChI=1S/C23H32N4O3S2/c1-17-15-20(7-8-21(17)26-13-11-25(3)12-14-26)24-23(28)19-5-4-10-27(16-19)32(29,30)22-9-6-18(2)31-22/h6-9,15,19H,4-5,10-14,16H2,1-3H3,(H,24,28). The molecule has 1 unspecified atom stereocenters. The van der Waals surface area contributed by atoms with Crippen LogP contribution < -0.4 is 10.2 Å². The van der Waals surface area contributed by atoms with Crippen LogP contribution in [0.1, 0.15) is 23.3 Å². The van der Waals surface area contributed by atoms with Crippen LogP contribution in [0.15, 0.2) is 34.5 Å². The molecule has 0 aliphatic carbocycles. The van der Waals surface area contributed by atoms with Crippen LogP contribution in [0.3, 0.4) is 0 Å². The van der Waals surface area contributed by atoms with Crippen molar-refractivity contribution in [2.24, 2.45) is 5.92 Å². The SMILES string of the molecule is Cc1ccc(S(=O)(=O)N2CCCC(C(=O)Nc3ccc(N4CCN(C)CC4)c(C)c3)C2)s1. The van der Waals surface area contributed by atoms with Gasteiger partial charge >= 0.3 is 0 Å². The van der Waals surface area contributed by atoms with Crippen LogP contribution >= 0.6 is 11.3 Å². The van der Waals surface area contributed by atoms with Crippen molar-refractivity contribution in [2.45, 2.75) is 30.9 Å². The first-order valence-corrected chi connectivity index (χ1v) is 13.4. The Labute approximate surface area is 195 Å². The quantitative estimate of drug-likeness (QED) is 0.718. The lowest BCUT2D eigenvalue weighted by Gasteiger charge is -2.35. The fraction of sp³-hybridized carbons (Fsp3) is 0.522. The van der Waals surface area contributed by atoms with Crippen molar-refractivity contribution in [2.75, 3.05) is 56.5 Å². The second-order valence-corrected chi connectivity index (χ2v) is 12.3. The van der Waals surface area contributed by atoms with Gasteiger partial charge in [-0.05, 0) is 69.6 Å². The third-order valence-electron chi connectivity index (χ3n) is 6.37. The van der Waals surface area contributed by atoms with Gasteiger partial charge in [-0.3, -0.25) is 4.79 Å². The van der Waals surface area contributed by atoms with Gasteiger partial charge in [0, 0.05) is 55.5 Å². The lowest BCUT2D eigenvalue weighted by atomic mass is 9.98. The molecule has 1 N–H and O–H groups in total. The van der Waals surface area contributed by atoms with Crippen LogP contribution in [0, 0.1) is 19.8 Å². The minimum Gasteiger partial charge on any atom is -0.369 e. The number of piperidine rings is 1. The summed E-state index contributed by atoms with van der Waals surface area (Å²) in [5.41, 5.74) is 3.10. The van der Waals surface area contributed by atoms with Gasteiger partial charge in [0.25, 0.3) is 10.0 Å². The Morgan fingerprint density at radius 3 is 2.47 bits per heavy atom. The van der Waals surface area contributed by atoms with Crippen molar-refractivity contribution in [1.82, 2.24) is 9.21 Å². The zero-order valence-electron chi connectivity index (χ0n) is 19.0. The number of anilines is 2. The fourth-order valence-electron chi connectivity index (χ4n) is 4.43. The Morgan fingerprint density at radius 2 is 1.81 bits per heavy atom. The van der Waals surface area contributed by atoms with Crippen molar-refractivity contribution < 1.29 is 13.2 Å². The predicted molar refractivity (Wildman–Crippen MR) is 130 cm³/mol. The number of sulfonamides is 1. The van der Waals surface area contributed by atoms with Gasteiger partial charge in [-0.1, -0.05) is 0 Å². The number of piperazine rings is 1. The van der Waals surface area contributed by atoms with Crippen molar-refractivity contribution in [3.8, 4) is 0 Å². The first-order chi connectivity index (χ1) is 15.2. The summed E-state index contributed by atoms with van der Waals surface area (Å²) < 4.78 is 27.8. The molecular weight excluding hydrogens is 444 g/mol. The Kier molecular flexibility index (Phi) is 6.90. The molecule has 1 atom stereocenters. The Bertz CT molecular complexity index is 1070. The van der Waals surface area contributed by atoms with E-state index < -0.39 is 10.0 Å².